The lowest BCUT2D eigenvalue weighted by molar-refractivity contribution is -0.350. The minimum Gasteiger partial charge on any atom is -0.508 e. The van der Waals surface area contributed by atoms with Crippen molar-refractivity contribution in [3.05, 3.63) is 46.6 Å². The summed E-state index contributed by atoms with van der Waals surface area (Å²) in [5.74, 6) is -2.64. The highest BCUT2D eigenvalue weighted by molar-refractivity contribution is 5.88. The third-order valence-corrected chi connectivity index (χ3v) is 7.47. The van der Waals surface area contributed by atoms with Gasteiger partial charge in [-0.2, -0.15) is 0 Å². The molecule has 3 aromatic rings. The van der Waals surface area contributed by atoms with Crippen LogP contribution in [-0.2, 0) is 23.7 Å². The SMILES string of the molecule is CC(=O)OC[C@H]1O[C@@H](O[C@@H]2[C@@H](O)[C@H](C)O[C@@H](Oc3c(-c4ccc(O)cc4)oc4cc(O)cc(O)c4c3=O)[C@@H]2O)[C@H](O)[C@@H](O)[C@@H]1O. The van der Waals surface area contributed by atoms with Crippen molar-refractivity contribution in [3.8, 4) is 34.3 Å². The van der Waals surface area contributed by atoms with Crippen LogP contribution in [0.15, 0.2) is 45.6 Å². The molecule has 8 N–H and O–H groups in total. The summed E-state index contributed by atoms with van der Waals surface area (Å²) >= 11 is 0. The molecule has 2 saturated heterocycles. The number of ether oxygens (including phenoxy) is 5. The van der Waals surface area contributed by atoms with Crippen molar-refractivity contribution in [1.82, 2.24) is 0 Å². The Kier molecular flexibility index (Phi) is 9.20. The van der Waals surface area contributed by atoms with Crippen molar-refractivity contribution in [3.63, 3.8) is 0 Å². The van der Waals surface area contributed by atoms with E-state index in [9.17, 15) is 50.4 Å². The summed E-state index contributed by atoms with van der Waals surface area (Å²) in [5, 5.41) is 83.0. The molecular formula is C29H32O16. The molecule has 5 rings (SSSR count). The second-order valence-corrected chi connectivity index (χ2v) is 10.7. The first-order chi connectivity index (χ1) is 21.3. The molecule has 0 radical (unpaired) electrons. The fraction of sp³-hybridized carbons (Fsp3) is 0.448. The van der Waals surface area contributed by atoms with Crippen molar-refractivity contribution in [2.24, 2.45) is 0 Å². The number of aliphatic hydroxyl groups is 5. The van der Waals surface area contributed by atoms with Crippen LogP contribution in [0.25, 0.3) is 22.3 Å². The van der Waals surface area contributed by atoms with Crippen molar-refractivity contribution < 1.29 is 73.7 Å². The zero-order valence-corrected chi connectivity index (χ0v) is 23.8. The first-order valence-electron chi connectivity index (χ1n) is 13.8. The summed E-state index contributed by atoms with van der Waals surface area (Å²) in [6.45, 7) is 1.99. The number of phenolic OH excluding ortho intramolecular Hbond substituents is 3. The molecule has 0 unspecified atom stereocenters. The molecule has 0 saturated carbocycles. The van der Waals surface area contributed by atoms with E-state index in [1.807, 2.05) is 0 Å². The average molecular weight is 637 g/mol. The summed E-state index contributed by atoms with van der Waals surface area (Å²) in [7, 11) is 0. The monoisotopic (exact) mass is 636 g/mol. The van der Waals surface area contributed by atoms with Gasteiger partial charge in [0.25, 0.3) is 0 Å². The number of carbonyl (C=O) groups excluding carboxylic acids is 1. The molecule has 10 atom stereocenters. The second kappa shape index (κ2) is 12.8. The normalized spacial score (nSPS) is 31.9. The Bertz CT molecular complexity index is 1590. The van der Waals surface area contributed by atoms with Crippen molar-refractivity contribution >= 4 is 16.9 Å². The molecule has 2 aromatic carbocycles. The molecule has 0 bridgehead atoms. The Balaban J connectivity index is 1.48. The number of benzene rings is 2. The molecular weight excluding hydrogens is 604 g/mol. The standard InChI is InChI=1S/C29H32O16/c1-10-19(34)26(44-28-23(38)22(37)20(35)17(43-28)9-40-11(2)30)24(39)29(41-10)45-27-21(36)18-15(33)7-14(32)8-16(18)42-25(27)12-3-5-13(31)6-4-12/h3-8,10,17,19-20,22-24,26,28-29,31-35,37-39H,9H2,1-2H3/t10-,17+,19-,20+,22-,23+,24+,26+,28-,29-/m0/s1. The number of hydrogen-bond donors (Lipinski definition) is 8. The summed E-state index contributed by atoms with van der Waals surface area (Å²) in [6, 6.07) is 7.37. The fourth-order valence-electron chi connectivity index (χ4n) is 5.07. The van der Waals surface area contributed by atoms with Gasteiger partial charge in [0.2, 0.25) is 17.5 Å². The average Bonchev–Trinajstić information content (AvgIpc) is 2.98. The zero-order valence-electron chi connectivity index (χ0n) is 23.8. The molecule has 2 aliphatic heterocycles. The minimum absolute atomic E-state index is 0.103. The van der Waals surface area contributed by atoms with E-state index >= 15 is 0 Å². The van der Waals surface area contributed by atoms with E-state index in [1.165, 1.54) is 31.2 Å². The molecule has 1 aromatic heterocycles. The van der Waals surface area contributed by atoms with Crippen LogP contribution >= 0.6 is 0 Å². The highest BCUT2D eigenvalue weighted by atomic mass is 16.7. The zero-order chi connectivity index (χ0) is 32.7. The first kappa shape index (κ1) is 32.4. The fourth-order valence-corrected chi connectivity index (χ4v) is 5.07. The summed E-state index contributed by atoms with van der Waals surface area (Å²) < 4.78 is 33.3. The third-order valence-electron chi connectivity index (χ3n) is 7.47. The van der Waals surface area contributed by atoms with Crippen LogP contribution in [0.4, 0.5) is 0 Å². The van der Waals surface area contributed by atoms with Gasteiger partial charge in [-0.25, -0.2) is 0 Å². The van der Waals surface area contributed by atoms with Crippen molar-refractivity contribution in [2.45, 2.75) is 75.3 Å². The lowest BCUT2D eigenvalue weighted by atomic mass is 9.97. The van der Waals surface area contributed by atoms with E-state index in [4.69, 9.17) is 28.1 Å². The molecule has 45 heavy (non-hydrogen) atoms. The maximum absolute atomic E-state index is 13.7. The van der Waals surface area contributed by atoms with Gasteiger partial charge in [0.1, 0.15) is 77.6 Å². The summed E-state index contributed by atoms with van der Waals surface area (Å²) in [5.41, 5.74) is -0.934. The molecule has 3 heterocycles. The molecule has 0 aliphatic carbocycles. The van der Waals surface area contributed by atoms with Crippen molar-refractivity contribution in [1.29, 1.82) is 0 Å². The molecule has 16 nitrogen and oxygen atoms in total. The Morgan fingerprint density at radius 1 is 0.844 bits per heavy atom. The van der Waals surface area contributed by atoms with Gasteiger partial charge in [-0.05, 0) is 31.2 Å². The Labute approximate surface area is 253 Å². The Hall–Kier alpha value is -4.00. The van der Waals surface area contributed by atoms with E-state index in [-0.39, 0.29) is 28.0 Å². The highest BCUT2D eigenvalue weighted by Crippen LogP contribution is 2.38. The number of rotatable bonds is 7. The van der Waals surface area contributed by atoms with Gasteiger partial charge in [-0.3, -0.25) is 9.59 Å². The van der Waals surface area contributed by atoms with Gasteiger partial charge in [0, 0.05) is 24.6 Å². The van der Waals surface area contributed by atoms with E-state index in [1.54, 1.807) is 0 Å². The van der Waals surface area contributed by atoms with Gasteiger partial charge in [-0.15, -0.1) is 0 Å². The number of aliphatic hydroxyl groups excluding tert-OH is 5. The molecule has 2 aliphatic rings. The number of phenols is 3. The van der Waals surface area contributed by atoms with Gasteiger partial charge in [0.15, 0.2) is 12.1 Å². The molecule has 244 valence electrons. The lowest BCUT2D eigenvalue weighted by Crippen LogP contribution is -2.64. The molecule has 0 amide bonds. The van der Waals surface area contributed by atoms with Crippen LogP contribution in [-0.4, -0.2) is 115 Å². The van der Waals surface area contributed by atoms with Gasteiger partial charge in [0.05, 0.1) is 6.10 Å². The predicted molar refractivity (Wildman–Crippen MR) is 148 cm³/mol. The predicted octanol–water partition coefficient (Wildman–Crippen LogP) is -0.822. The van der Waals surface area contributed by atoms with Crippen LogP contribution in [0.2, 0.25) is 0 Å². The van der Waals surface area contributed by atoms with Crippen LogP contribution in [0, 0.1) is 0 Å². The first-order valence-corrected chi connectivity index (χ1v) is 13.8. The van der Waals surface area contributed by atoms with Crippen LogP contribution in [0.5, 0.6) is 23.0 Å². The highest BCUT2D eigenvalue weighted by Gasteiger charge is 2.51. The Morgan fingerprint density at radius 3 is 2.20 bits per heavy atom. The van der Waals surface area contributed by atoms with E-state index in [0.29, 0.717) is 0 Å². The van der Waals surface area contributed by atoms with Gasteiger partial charge >= 0.3 is 5.97 Å². The molecule has 16 heteroatoms. The number of carbonyl (C=O) groups is 1. The van der Waals surface area contributed by atoms with E-state index < -0.39 is 96.7 Å². The van der Waals surface area contributed by atoms with Crippen LogP contribution in [0.1, 0.15) is 13.8 Å². The van der Waals surface area contributed by atoms with Gasteiger partial charge < -0.3 is 69.0 Å². The maximum Gasteiger partial charge on any atom is 0.302 e. The van der Waals surface area contributed by atoms with E-state index in [0.717, 1.165) is 19.1 Å². The second-order valence-electron chi connectivity index (χ2n) is 10.7. The van der Waals surface area contributed by atoms with Crippen molar-refractivity contribution in [2.75, 3.05) is 6.61 Å². The van der Waals surface area contributed by atoms with Crippen LogP contribution < -0.4 is 10.2 Å². The van der Waals surface area contributed by atoms with E-state index in [2.05, 4.69) is 0 Å². The largest absolute Gasteiger partial charge is 0.508 e. The number of hydrogen-bond acceptors (Lipinski definition) is 16. The number of aromatic hydroxyl groups is 3. The molecule has 2 fully saturated rings. The maximum atomic E-state index is 13.7. The van der Waals surface area contributed by atoms with Crippen LogP contribution in [0.3, 0.4) is 0 Å². The lowest BCUT2D eigenvalue weighted by Gasteiger charge is -2.45. The Morgan fingerprint density at radius 2 is 1.53 bits per heavy atom. The quantitative estimate of drug-likeness (QED) is 0.147. The number of fused-ring (bicyclic) bond motifs is 1. The topological polar surface area (TPSA) is 255 Å². The minimum atomic E-state index is -1.90. The number of esters is 1. The summed E-state index contributed by atoms with van der Waals surface area (Å²) in [6.07, 6.45) is -16.5. The molecule has 0 spiro atoms. The smallest absolute Gasteiger partial charge is 0.302 e. The van der Waals surface area contributed by atoms with Gasteiger partial charge in [-0.1, -0.05) is 0 Å². The third kappa shape index (κ3) is 6.40. The summed E-state index contributed by atoms with van der Waals surface area (Å²) in [4.78, 5) is 24.9.